The molecule has 7 aromatic heterocycles. The van der Waals surface area contributed by atoms with Crippen LogP contribution >= 0.6 is 47.8 Å². The number of ketones is 4. The molecule has 0 spiro atoms. The molecule has 2 amide bonds. The van der Waals surface area contributed by atoms with Crippen molar-refractivity contribution < 1.29 is 72.0 Å². The third-order valence-corrected chi connectivity index (χ3v) is 22.9. The Labute approximate surface area is 748 Å². The number of alkyl halides is 1. The maximum Gasteiger partial charge on any atom is 0.328 e. The average molecular weight is 1900 g/mol. The fourth-order valence-electron chi connectivity index (χ4n) is 15.2. The predicted molar refractivity (Wildman–Crippen MR) is 477 cm³/mol. The minimum atomic E-state index is -0.664. The first kappa shape index (κ1) is 94.3. The van der Waals surface area contributed by atoms with Gasteiger partial charge in [-0.3, -0.25) is 62.3 Å². The number of esters is 4. The fraction of sp³-hybridized carbons (Fsp3) is 0.418. The lowest BCUT2D eigenvalue weighted by atomic mass is 9.94. The number of aliphatic hydroxyl groups is 1. The zero-order valence-corrected chi connectivity index (χ0v) is 77.8. The highest BCUT2D eigenvalue weighted by molar-refractivity contribution is 9.10. The van der Waals surface area contributed by atoms with Crippen molar-refractivity contribution in [2.75, 3.05) is 10.6 Å². The van der Waals surface area contributed by atoms with E-state index in [9.17, 15) is 53.1 Å². The van der Waals surface area contributed by atoms with E-state index in [1.54, 1.807) is 88.8 Å². The standard InChI is InChI=1S/C31H31BrN6O4.C23H26N4O5.C18H17N3O3.C13H16BrN3O.C6H11BrO2/c1-16-5-6-27(32)35-23(16)9-25(41)24-10-31(4)11-26(31)38(24)28(42)14-37-30-20(15-39)7-19(21-12-33-18(3)34-13-21)8-22(30)29(36-37)17(2)40;1-13(28)21-19-8-16(18-9-24-14(2)25-10-18)7-17(12-31-15(3)29)22(19)27(26-21)11-20(30)32-23(4,5)6;1-10(22)18-16-5-13(15-6-19-11(2)20-7-15)4-14(9-24-12(3)23)17(16)8-21-18;1-7-3-4-10(14)16-11(7)17-12(18)8-5-13(2)6-9(13)15-8;1-6(2,3)9-5(8)4-7/h5-8,12-13,24,26,39H,9-11,14-15H2,1-4H3;7-10H,11-12H2,1-6H3;4-7H,8-9H2,1-3H3;3-4,8-9,15H,5-6H2,1-2H3,(H,16,17,18);4H2,1-3H3/t24-,26+,31-;;;8-,9+,13-;/m0..0./s1. The molecule has 4 fully saturated rings. The van der Waals surface area contributed by atoms with Crippen LogP contribution in [0, 0.1) is 45.4 Å². The third-order valence-electron chi connectivity index (χ3n) is 21.6. The monoisotopic (exact) mass is 1890 g/mol. The summed E-state index contributed by atoms with van der Waals surface area (Å²) in [6.07, 6.45) is 13.9. The van der Waals surface area contributed by atoms with Crippen molar-refractivity contribution in [2.24, 2.45) is 15.8 Å². The third kappa shape index (κ3) is 23.6. The number of fused-ring (bicyclic) bond motifs is 5. The van der Waals surface area contributed by atoms with Gasteiger partial charge in [-0.1, -0.05) is 41.9 Å². The van der Waals surface area contributed by atoms with E-state index in [1.165, 1.54) is 50.4 Å². The number of hydrogen-bond acceptors (Lipinski definition) is 27. The lowest BCUT2D eigenvalue weighted by molar-refractivity contribution is -0.156. The highest BCUT2D eigenvalue weighted by Gasteiger charge is 2.64. The second-order valence-corrected chi connectivity index (χ2v) is 36.4. The van der Waals surface area contributed by atoms with Crippen molar-refractivity contribution >= 4 is 140 Å². The van der Waals surface area contributed by atoms with Crippen molar-refractivity contribution in [1.82, 2.24) is 69.6 Å². The van der Waals surface area contributed by atoms with Crippen LogP contribution in [0.4, 0.5) is 5.82 Å². The molecule has 31 nitrogen and oxygen atoms in total. The van der Waals surface area contributed by atoms with E-state index in [-0.39, 0.29) is 126 Å². The molecule has 6 atom stereocenters. The van der Waals surface area contributed by atoms with Gasteiger partial charge < -0.3 is 39.6 Å². The number of nitrogens with zero attached hydrogens (tertiary/aromatic N) is 14. The van der Waals surface area contributed by atoms with Crippen LogP contribution in [-0.4, -0.2) is 175 Å². The summed E-state index contributed by atoms with van der Waals surface area (Å²) in [5, 5.41) is 26.9. The molecule has 125 heavy (non-hydrogen) atoms. The van der Waals surface area contributed by atoms with Crippen LogP contribution in [0.25, 0.3) is 55.2 Å². The Morgan fingerprint density at radius 3 is 1.52 bits per heavy atom. The molecule has 3 aromatic carbocycles. The molecule has 5 aliphatic rings. The van der Waals surface area contributed by atoms with E-state index in [2.05, 4.69) is 127 Å². The first-order valence-electron chi connectivity index (χ1n) is 40.5. The lowest BCUT2D eigenvalue weighted by Crippen LogP contribution is -2.45. The summed E-state index contributed by atoms with van der Waals surface area (Å²) in [6, 6.07) is 18.6. The van der Waals surface area contributed by atoms with Gasteiger partial charge >= 0.3 is 23.9 Å². The van der Waals surface area contributed by atoms with Gasteiger partial charge in [0.15, 0.2) is 23.1 Å². The van der Waals surface area contributed by atoms with E-state index >= 15 is 0 Å². The number of aliphatic hydroxyl groups excluding tert-OH is 1. The molecular weight excluding hydrogens is 1800 g/mol. The second kappa shape index (κ2) is 39.1. The molecule has 2 saturated carbocycles. The Morgan fingerprint density at radius 2 is 1.04 bits per heavy atom. The molecule has 10 heterocycles. The number of hydrogen-bond donors (Lipinski definition) is 3. The Kier molecular flexibility index (Phi) is 29.5. The number of likely N-dealkylation sites (tertiary alicyclic amines) is 1. The Hall–Kier alpha value is -11.3. The number of pyridine rings is 2. The summed E-state index contributed by atoms with van der Waals surface area (Å²) < 4.78 is 25.0. The van der Waals surface area contributed by atoms with Crippen LogP contribution in [0.2, 0.25) is 0 Å². The summed E-state index contributed by atoms with van der Waals surface area (Å²) in [5.74, 6) is 0.228. The minimum absolute atomic E-state index is 0.0185. The summed E-state index contributed by atoms with van der Waals surface area (Å²) >= 11 is 9.70. The maximum absolute atomic E-state index is 14.0. The van der Waals surface area contributed by atoms with E-state index in [0.717, 1.165) is 78.6 Å². The molecule has 0 unspecified atom stereocenters. The molecule has 34 heteroatoms. The quantitative estimate of drug-likeness (QED) is 0.0198. The van der Waals surface area contributed by atoms with Gasteiger partial charge in [-0.25, -0.2) is 39.9 Å². The number of aliphatic imine (C=N–C) groups is 1. The van der Waals surface area contributed by atoms with E-state index in [4.69, 9.17) is 18.9 Å². The van der Waals surface area contributed by atoms with E-state index in [1.807, 2.05) is 90.1 Å². The van der Waals surface area contributed by atoms with Crippen molar-refractivity contribution in [3.63, 3.8) is 0 Å². The lowest BCUT2D eigenvalue weighted by Gasteiger charge is -2.27. The number of amides is 2. The van der Waals surface area contributed by atoms with E-state index < -0.39 is 23.6 Å². The van der Waals surface area contributed by atoms with Gasteiger partial charge in [-0.05, 0) is 232 Å². The molecule has 2 aliphatic carbocycles. The Bertz CT molecular complexity index is 5920. The first-order chi connectivity index (χ1) is 58.8. The number of benzene rings is 3. The molecule has 3 aliphatic heterocycles. The number of piperidine rings is 2. The number of rotatable bonds is 21. The maximum atomic E-state index is 14.0. The number of anilines is 1. The number of halogens is 3. The van der Waals surface area contributed by atoms with Crippen LogP contribution in [0.15, 0.2) is 112 Å². The predicted octanol–water partition coefficient (Wildman–Crippen LogP) is 13.9. The van der Waals surface area contributed by atoms with Gasteiger partial charge in [0.2, 0.25) is 11.8 Å². The minimum Gasteiger partial charge on any atom is -0.461 e. The number of Topliss-reactive ketones (excluding diaryl/α,β-unsaturated/α-hetero) is 4. The van der Waals surface area contributed by atoms with Crippen LogP contribution in [0.3, 0.4) is 0 Å². The molecular formula is C91H101Br3N16O15. The summed E-state index contributed by atoms with van der Waals surface area (Å²) in [4.78, 5) is 162. The number of carbonyl (C=O) groups is 10. The molecule has 0 bridgehead atoms. The van der Waals surface area contributed by atoms with Crippen LogP contribution in [0.1, 0.15) is 199 Å². The first-order valence-corrected chi connectivity index (χ1v) is 43.2. The average Bonchev–Trinajstić information content (AvgIpc) is 1.54. The second-order valence-electron chi connectivity index (χ2n) is 34.2. The van der Waals surface area contributed by atoms with Gasteiger partial charge in [-0.2, -0.15) is 10.2 Å². The fourth-order valence-corrected chi connectivity index (χ4v) is 16.0. The zero-order chi connectivity index (χ0) is 91.2. The number of aromatic nitrogens is 12. The topological polar surface area (TPSA) is 406 Å². The molecule has 656 valence electrons. The molecule has 3 N–H and O–H groups in total. The van der Waals surface area contributed by atoms with Crippen molar-refractivity contribution in [2.45, 2.75) is 232 Å². The highest BCUT2D eigenvalue weighted by Crippen LogP contribution is 2.59. The number of aryl methyl sites for hydroxylation is 5. The van der Waals surface area contributed by atoms with Gasteiger partial charge in [0.1, 0.15) is 92.4 Å². The zero-order valence-electron chi connectivity index (χ0n) is 73.1. The SMILES string of the molecule is CC(=O)OCc1cc(-c2cnc(C)nc2)cc2c(C(C)=O)nn(CC(=O)OC(C)(C)C)c12.CC(=O)OCc1cc(-c2cnc(C)nc2)cc2c1CN=C2C(C)=O.CC(=O)c1nn(CC(=O)N2[C@H](C(=O)Cc3nc(Br)ccc3C)C[C@@]3(C)C[C@@H]23)c2c(CO)cc(-c3cnc(C)nc3)cc12.CC(C)(C)OC(=O)CBr.Cc1ccc(Br)nc1NC(=O)[C@@H]1C[C@@]2(C)C[C@H]2N1. The molecule has 0 radical (unpaired) electrons. The summed E-state index contributed by atoms with van der Waals surface area (Å²) in [7, 11) is 0. The van der Waals surface area contributed by atoms with Crippen LogP contribution < -0.4 is 10.6 Å². The van der Waals surface area contributed by atoms with Crippen molar-refractivity contribution in [3.8, 4) is 33.4 Å². The molecule has 15 rings (SSSR count). The number of carbonyl (C=O) groups excluding carboxylic acids is 10. The van der Waals surface area contributed by atoms with Gasteiger partial charge in [0.05, 0.1) is 48.4 Å². The molecule has 10 aromatic rings. The summed E-state index contributed by atoms with van der Waals surface area (Å²) in [5.41, 5.74) is 12.1. The van der Waals surface area contributed by atoms with E-state index in [0.29, 0.717) is 96.7 Å². The number of nitrogens with one attached hydrogen (secondary N) is 2. The Morgan fingerprint density at radius 1 is 0.560 bits per heavy atom. The number of ether oxygens (including phenoxy) is 4. The van der Waals surface area contributed by atoms with Gasteiger partial charge in [0, 0.05) is 128 Å². The van der Waals surface area contributed by atoms with Crippen LogP contribution in [-0.2, 0) is 103 Å². The van der Waals surface area contributed by atoms with Gasteiger partial charge in [-0.15, -0.1) is 0 Å². The van der Waals surface area contributed by atoms with Crippen molar-refractivity contribution in [3.05, 3.63) is 181 Å². The van der Waals surface area contributed by atoms with Crippen LogP contribution in [0.5, 0.6) is 0 Å². The normalized spacial score (nSPS) is 18.0. The van der Waals surface area contributed by atoms with Gasteiger partial charge in [0.25, 0.3) is 0 Å². The smallest absolute Gasteiger partial charge is 0.328 e. The largest absolute Gasteiger partial charge is 0.461 e. The summed E-state index contributed by atoms with van der Waals surface area (Å²) in [6.45, 7) is 31.3. The molecule has 2 saturated heterocycles. The van der Waals surface area contributed by atoms with Crippen molar-refractivity contribution in [1.29, 1.82) is 0 Å². The highest BCUT2D eigenvalue weighted by atomic mass is 79.9. The Balaban J connectivity index is 0.000000163.